The second-order valence-corrected chi connectivity index (χ2v) is 19.4. The van der Waals surface area contributed by atoms with E-state index in [-0.39, 0.29) is 25.7 Å². The lowest BCUT2D eigenvalue weighted by Gasteiger charge is -2.24. The van der Waals surface area contributed by atoms with Gasteiger partial charge in [-0.25, -0.2) is 9.59 Å². The van der Waals surface area contributed by atoms with Crippen molar-refractivity contribution in [3.05, 3.63) is 119 Å². The van der Waals surface area contributed by atoms with Gasteiger partial charge in [0.15, 0.2) is 0 Å². The quantitative estimate of drug-likeness (QED) is 0.0483. The van der Waals surface area contributed by atoms with Gasteiger partial charge in [-0.05, 0) is 44.5 Å². The molecule has 2 aliphatic rings. The van der Waals surface area contributed by atoms with Gasteiger partial charge in [-0.15, -0.1) is 0 Å². The highest BCUT2D eigenvalue weighted by atomic mass is 32.2. The molecule has 65 heavy (non-hydrogen) atoms. The second kappa shape index (κ2) is 20.2. The third-order valence-electron chi connectivity index (χ3n) is 10.4. The Labute approximate surface area is 372 Å². The summed E-state index contributed by atoms with van der Waals surface area (Å²) < 4.78 is 111. The van der Waals surface area contributed by atoms with E-state index in [0.717, 1.165) is 44.5 Å². The van der Waals surface area contributed by atoms with Gasteiger partial charge in [0.1, 0.15) is 48.6 Å². The first-order valence-electron chi connectivity index (χ1n) is 19.6. The lowest BCUT2D eigenvalue weighted by atomic mass is 9.98. The third-order valence-corrected chi connectivity index (χ3v) is 12.7. The summed E-state index contributed by atoms with van der Waals surface area (Å²) in [5.41, 5.74) is 7.29. The molecule has 0 saturated heterocycles. The van der Waals surface area contributed by atoms with Crippen LogP contribution in [0.5, 0.6) is 0 Å². The van der Waals surface area contributed by atoms with Crippen LogP contribution in [0.2, 0.25) is 0 Å². The van der Waals surface area contributed by atoms with Crippen LogP contribution in [0.1, 0.15) is 34.1 Å². The fourth-order valence-corrected chi connectivity index (χ4v) is 9.60. The van der Waals surface area contributed by atoms with E-state index in [0.29, 0.717) is 0 Å². The van der Waals surface area contributed by atoms with Crippen molar-refractivity contribution >= 4 is 60.3 Å². The molecule has 4 aromatic carbocycles. The Balaban J connectivity index is 1.05. The van der Waals surface area contributed by atoms with Gasteiger partial charge in [-0.1, -0.05) is 97.1 Å². The summed E-state index contributed by atoms with van der Waals surface area (Å²) in [7, 11) is -15.4. The third kappa shape index (κ3) is 12.9. The molecule has 21 nitrogen and oxygen atoms in total. The summed E-state index contributed by atoms with van der Waals surface area (Å²) in [6, 6.07) is 22.9. The molecule has 0 aromatic heterocycles. The highest BCUT2D eigenvalue weighted by Crippen LogP contribution is 2.45. The number of hydrogen-bond donors (Lipinski definition) is 8. The number of rotatable bonds is 19. The van der Waals surface area contributed by atoms with Crippen molar-refractivity contribution in [2.24, 2.45) is 0 Å². The molecule has 3 atom stereocenters. The lowest BCUT2D eigenvalue weighted by molar-refractivity contribution is -0.131. The van der Waals surface area contributed by atoms with Crippen LogP contribution in [0, 0.1) is 0 Å². The molecule has 3 unspecified atom stereocenters. The van der Waals surface area contributed by atoms with Crippen LogP contribution >= 0.6 is 0 Å². The number of amides is 5. The molecule has 0 aliphatic heterocycles. The molecule has 0 radical (unpaired) electrons. The highest BCUT2D eigenvalue weighted by molar-refractivity contribution is 7.86. The molecule has 8 N–H and O–H groups in total. The summed E-state index contributed by atoms with van der Waals surface area (Å²) >= 11 is 0. The number of ether oxygens (including phenoxy) is 2. The van der Waals surface area contributed by atoms with Crippen LogP contribution in [-0.4, -0.2) is 131 Å². The highest BCUT2D eigenvalue weighted by Gasteiger charge is 2.36. The van der Waals surface area contributed by atoms with E-state index >= 15 is 0 Å². The molecule has 0 spiro atoms. The molecular formula is C41H43N5O16S3. The number of carbonyl (C=O) groups is 5. The van der Waals surface area contributed by atoms with Gasteiger partial charge in [0.2, 0.25) is 17.7 Å². The fourth-order valence-electron chi connectivity index (χ4n) is 7.63. The van der Waals surface area contributed by atoms with Crippen molar-refractivity contribution in [2.75, 3.05) is 43.6 Å². The van der Waals surface area contributed by atoms with Crippen LogP contribution < -0.4 is 26.6 Å². The molecule has 346 valence electrons. The minimum absolute atomic E-state index is 0.0298. The molecule has 5 amide bonds. The van der Waals surface area contributed by atoms with Crippen molar-refractivity contribution in [1.82, 2.24) is 26.6 Å². The Bertz CT molecular complexity index is 2730. The predicted molar refractivity (Wildman–Crippen MR) is 231 cm³/mol. The summed E-state index contributed by atoms with van der Waals surface area (Å²) in [6.45, 7) is -1.03. The van der Waals surface area contributed by atoms with Crippen molar-refractivity contribution in [2.45, 2.75) is 30.0 Å². The average molecular weight is 958 g/mol. The Kier molecular flexibility index (Phi) is 14.9. The topological polar surface area (TPSA) is 327 Å². The van der Waals surface area contributed by atoms with Crippen molar-refractivity contribution < 1.29 is 72.4 Å². The lowest BCUT2D eigenvalue weighted by Crippen LogP contribution is -2.60. The molecule has 0 fully saturated rings. The van der Waals surface area contributed by atoms with Gasteiger partial charge < -0.3 is 36.1 Å². The maximum atomic E-state index is 13.4. The molecule has 24 heteroatoms. The summed E-state index contributed by atoms with van der Waals surface area (Å²) in [5, 5.41) is 10.2. The molecule has 0 saturated carbocycles. The zero-order valence-corrected chi connectivity index (χ0v) is 36.4. The number of benzene rings is 4. The summed E-state index contributed by atoms with van der Waals surface area (Å²) in [5.74, 6) is -9.94. The zero-order valence-electron chi connectivity index (χ0n) is 33.9. The number of alkyl carbamates (subject to hydrolysis) is 2. The number of nitrogens with one attached hydrogen (secondary N) is 5. The number of hydrogen-bond acceptors (Lipinski definition) is 13. The van der Waals surface area contributed by atoms with Gasteiger partial charge in [0, 0.05) is 24.9 Å². The van der Waals surface area contributed by atoms with Crippen LogP contribution in [0.3, 0.4) is 0 Å². The van der Waals surface area contributed by atoms with Gasteiger partial charge in [-0.3, -0.25) is 28.0 Å². The van der Waals surface area contributed by atoms with Crippen molar-refractivity contribution in [3.63, 3.8) is 0 Å². The Morgan fingerprint density at radius 1 is 0.446 bits per heavy atom. The molecular weight excluding hydrogens is 915 g/mol. The predicted octanol–water partition coefficient (Wildman–Crippen LogP) is 1.18. The first-order valence-corrected chi connectivity index (χ1v) is 24.4. The Morgan fingerprint density at radius 2 is 0.754 bits per heavy atom. The summed E-state index contributed by atoms with van der Waals surface area (Å²) in [4.78, 5) is 65.4. The smallest absolute Gasteiger partial charge is 0.407 e. The monoisotopic (exact) mass is 957 g/mol. The van der Waals surface area contributed by atoms with Gasteiger partial charge >= 0.3 is 12.2 Å². The van der Waals surface area contributed by atoms with Crippen molar-refractivity contribution in [1.29, 1.82) is 0 Å². The minimum Gasteiger partial charge on any atom is -0.449 e. The Hall–Kier alpha value is -6.44. The van der Waals surface area contributed by atoms with Crippen LogP contribution in [0.4, 0.5) is 9.59 Å². The van der Waals surface area contributed by atoms with E-state index in [1.165, 1.54) is 0 Å². The van der Waals surface area contributed by atoms with Crippen LogP contribution in [-0.2, 0) is 54.2 Å². The van der Waals surface area contributed by atoms with E-state index in [4.69, 9.17) is 9.47 Å². The maximum Gasteiger partial charge on any atom is 0.407 e. The van der Waals surface area contributed by atoms with Gasteiger partial charge in [0.25, 0.3) is 30.4 Å². The van der Waals surface area contributed by atoms with E-state index in [2.05, 4.69) is 10.6 Å². The fraction of sp³-hybridized carbons (Fsp3) is 0.293. The van der Waals surface area contributed by atoms with Crippen LogP contribution in [0.15, 0.2) is 97.1 Å². The van der Waals surface area contributed by atoms with E-state index in [1.807, 2.05) is 95.6 Å². The van der Waals surface area contributed by atoms with E-state index in [9.17, 15) is 62.9 Å². The standard InChI is InChI=1S/C41H43N5O16S3/c47-37(42-17-18-43-40(50)61-19-32-28-13-5-1-9-24(28)25-10-2-6-14-29(25)32)34(21-63(52,53)54)44-38(48)35(22-64(55,56)57)45-39(49)36(23-65(58,59)60)46-41(51)62-20-33-30-15-7-3-11-26(30)27-12-4-8-16-31(27)33/h1-16,32-36H,17-23H2,(H,42,47)(H,43,50)(H,44,48)(H,45,49)(H,46,51)(H,52,53,54)(H,55,56,57)(H,58,59,60). The van der Waals surface area contributed by atoms with Gasteiger partial charge in [0.05, 0.1) is 0 Å². The second-order valence-electron chi connectivity index (χ2n) is 14.9. The molecule has 4 aromatic rings. The summed E-state index contributed by atoms with van der Waals surface area (Å²) in [6.07, 6.45) is -2.24. The van der Waals surface area contributed by atoms with Crippen LogP contribution in [0.25, 0.3) is 22.3 Å². The Morgan fingerprint density at radius 3 is 1.12 bits per heavy atom. The van der Waals surface area contributed by atoms with E-state index < -0.39 is 108 Å². The minimum atomic E-state index is -5.20. The average Bonchev–Trinajstić information content (AvgIpc) is 3.73. The zero-order chi connectivity index (χ0) is 47.1. The maximum absolute atomic E-state index is 13.4. The molecule has 2 aliphatic carbocycles. The molecule has 6 rings (SSSR count). The molecule has 0 bridgehead atoms. The largest absolute Gasteiger partial charge is 0.449 e. The van der Waals surface area contributed by atoms with Gasteiger partial charge in [-0.2, -0.15) is 25.3 Å². The molecule has 0 heterocycles. The SMILES string of the molecule is O=C(NCCNC(=O)C(CS(=O)(=O)O)NC(=O)C(CS(=O)(=O)O)NC(=O)C(CS(=O)(=O)O)NC(=O)OCC1c2ccccc2-c2ccccc21)OCC1c2ccccc2-c2ccccc21. The van der Waals surface area contributed by atoms with E-state index in [1.54, 1.807) is 17.4 Å². The first-order chi connectivity index (χ1) is 30.7. The normalized spacial score (nSPS) is 14.6. The first kappa shape index (κ1) is 48.0. The number of fused-ring (bicyclic) bond motifs is 6. The van der Waals surface area contributed by atoms with Crippen molar-refractivity contribution in [3.8, 4) is 22.3 Å². The number of carbonyl (C=O) groups excluding carboxylic acids is 5.